The van der Waals surface area contributed by atoms with E-state index in [4.69, 9.17) is 0 Å². The molecule has 1 radical (unpaired) electrons. The summed E-state index contributed by atoms with van der Waals surface area (Å²) >= 11 is 3.51. The molecule has 0 amide bonds. The minimum absolute atomic E-state index is 0.670. The van der Waals surface area contributed by atoms with Gasteiger partial charge in [0.25, 0.3) is 0 Å². The second-order valence-corrected chi connectivity index (χ2v) is 4.92. The van der Waals surface area contributed by atoms with Gasteiger partial charge in [-0.05, 0) is 50.5 Å². The summed E-state index contributed by atoms with van der Waals surface area (Å²) in [4.78, 5) is 2.46. The Hall–Kier alpha value is -0.500. The minimum atomic E-state index is 0.670. The van der Waals surface area contributed by atoms with Crippen molar-refractivity contribution in [3.05, 3.63) is 35.2 Å². The normalized spacial score (nSPS) is 21.6. The van der Waals surface area contributed by atoms with E-state index in [-0.39, 0.29) is 0 Å². The zero-order valence-corrected chi connectivity index (χ0v) is 10.0. The van der Waals surface area contributed by atoms with Crippen molar-refractivity contribution in [2.75, 3.05) is 11.4 Å². The average Bonchev–Trinajstić information content (AvgIpc) is 2.49. The minimum Gasteiger partial charge on any atom is -0.369 e. The Labute approximate surface area is 94.2 Å². The van der Waals surface area contributed by atoms with Crippen molar-refractivity contribution in [1.29, 1.82) is 0 Å². The van der Waals surface area contributed by atoms with Crippen LogP contribution in [0.2, 0.25) is 0 Å². The highest BCUT2D eigenvalue weighted by molar-refractivity contribution is 9.10. The van der Waals surface area contributed by atoms with E-state index in [0.717, 1.165) is 10.0 Å². The van der Waals surface area contributed by atoms with E-state index in [9.17, 15) is 0 Å². The van der Waals surface area contributed by atoms with Gasteiger partial charge in [-0.3, -0.25) is 0 Å². The van der Waals surface area contributed by atoms with Crippen molar-refractivity contribution in [3.63, 3.8) is 0 Å². The molecule has 0 saturated carbocycles. The number of hydrogen-bond donors (Lipinski definition) is 0. The Balaban J connectivity index is 2.31. The third-order valence-electron chi connectivity index (χ3n) is 2.83. The molecule has 0 aliphatic carbocycles. The number of hydrogen-bond acceptors (Lipinski definition) is 1. The molecule has 0 bridgehead atoms. The molecule has 0 N–H and O–H groups in total. The summed E-state index contributed by atoms with van der Waals surface area (Å²) in [5.74, 6) is 0. The Kier molecular flexibility index (Phi) is 2.82. The van der Waals surface area contributed by atoms with Crippen molar-refractivity contribution < 1.29 is 0 Å². The first-order valence-electron chi connectivity index (χ1n) is 5.06. The van der Waals surface area contributed by atoms with Gasteiger partial charge in [0.2, 0.25) is 0 Å². The molecule has 75 valence electrons. The molecule has 14 heavy (non-hydrogen) atoms. The number of nitrogens with zero attached hydrogens (tertiary/aromatic N) is 1. The van der Waals surface area contributed by atoms with Crippen molar-refractivity contribution in [3.8, 4) is 0 Å². The Bertz CT molecular complexity index is 315. The fourth-order valence-electron chi connectivity index (χ4n) is 2.12. The zero-order valence-electron chi connectivity index (χ0n) is 8.46. The standard InChI is InChI=1S/C12H15BrN/c1-9-6-11(13)8-12(7-9)14-5-3-4-10(14)2/h6-8,10H,1,3-5H2,2H3/t10-/m1/s1. The number of rotatable bonds is 1. The molecule has 1 atom stereocenters. The predicted molar refractivity (Wildman–Crippen MR) is 64.6 cm³/mol. The van der Waals surface area contributed by atoms with Crippen LogP contribution in [-0.2, 0) is 0 Å². The van der Waals surface area contributed by atoms with Gasteiger partial charge in [-0.1, -0.05) is 15.9 Å². The average molecular weight is 253 g/mol. The first-order chi connectivity index (χ1) is 6.66. The third kappa shape index (κ3) is 1.95. The maximum absolute atomic E-state index is 3.98. The molecule has 0 unspecified atom stereocenters. The van der Waals surface area contributed by atoms with Gasteiger partial charge < -0.3 is 4.90 Å². The zero-order chi connectivity index (χ0) is 10.1. The van der Waals surface area contributed by atoms with Gasteiger partial charge in [0.1, 0.15) is 0 Å². The van der Waals surface area contributed by atoms with Gasteiger partial charge in [-0.2, -0.15) is 0 Å². The highest BCUT2D eigenvalue weighted by atomic mass is 79.9. The van der Waals surface area contributed by atoms with E-state index in [1.165, 1.54) is 25.1 Å². The molecule has 1 aromatic rings. The molecule has 1 nitrogen and oxygen atoms in total. The SMILES string of the molecule is [CH2]c1cc(Br)cc(N2CCC[C@H]2C)c1. The molecule has 2 rings (SSSR count). The monoisotopic (exact) mass is 252 g/mol. The maximum atomic E-state index is 3.98. The van der Waals surface area contributed by atoms with Gasteiger partial charge in [0.05, 0.1) is 0 Å². The summed E-state index contributed by atoms with van der Waals surface area (Å²) in [6.07, 6.45) is 2.61. The van der Waals surface area contributed by atoms with Gasteiger partial charge in [0, 0.05) is 22.7 Å². The molecule has 1 fully saturated rings. The van der Waals surface area contributed by atoms with Crippen LogP contribution in [0.4, 0.5) is 5.69 Å². The summed E-state index contributed by atoms with van der Waals surface area (Å²) in [5.41, 5.74) is 2.38. The number of benzene rings is 1. The van der Waals surface area contributed by atoms with Crippen LogP contribution >= 0.6 is 15.9 Å². The summed E-state index contributed by atoms with van der Waals surface area (Å²) in [5, 5.41) is 0. The molecule has 1 saturated heterocycles. The summed E-state index contributed by atoms with van der Waals surface area (Å²) < 4.78 is 1.12. The lowest BCUT2D eigenvalue weighted by atomic mass is 10.2. The second-order valence-electron chi connectivity index (χ2n) is 4.00. The molecular formula is C12H15BrN. The van der Waals surface area contributed by atoms with E-state index < -0.39 is 0 Å². The molecule has 1 aromatic carbocycles. The second kappa shape index (κ2) is 3.93. The largest absolute Gasteiger partial charge is 0.369 e. The van der Waals surface area contributed by atoms with E-state index in [1.54, 1.807) is 0 Å². The lowest BCUT2D eigenvalue weighted by Crippen LogP contribution is -2.26. The molecule has 0 spiro atoms. The fraction of sp³-hybridized carbons (Fsp3) is 0.417. The molecular weight excluding hydrogens is 238 g/mol. The summed E-state index contributed by atoms with van der Waals surface area (Å²) in [6, 6.07) is 7.05. The molecule has 0 aromatic heterocycles. The van der Waals surface area contributed by atoms with E-state index >= 15 is 0 Å². The molecule has 1 aliphatic heterocycles. The smallest absolute Gasteiger partial charge is 0.0382 e. The predicted octanol–water partition coefficient (Wildman–Crippen LogP) is 3.62. The van der Waals surface area contributed by atoms with E-state index in [1.807, 2.05) is 6.07 Å². The van der Waals surface area contributed by atoms with Crippen LogP contribution in [-0.4, -0.2) is 12.6 Å². The Morgan fingerprint density at radius 1 is 1.43 bits per heavy atom. The van der Waals surface area contributed by atoms with Crippen molar-refractivity contribution in [1.82, 2.24) is 0 Å². The van der Waals surface area contributed by atoms with Gasteiger partial charge in [0.15, 0.2) is 0 Å². The molecule has 1 heterocycles. The number of halogens is 1. The molecule has 1 aliphatic rings. The first-order valence-corrected chi connectivity index (χ1v) is 5.85. The van der Waals surface area contributed by atoms with E-state index in [0.29, 0.717) is 6.04 Å². The lowest BCUT2D eigenvalue weighted by molar-refractivity contribution is 0.735. The van der Waals surface area contributed by atoms with E-state index in [2.05, 4.69) is 46.8 Å². The van der Waals surface area contributed by atoms with Crippen LogP contribution in [0.3, 0.4) is 0 Å². The molecule has 2 heteroatoms. The van der Waals surface area contributed by atoms with Gasteiger partial charge >= 0.3 is 0 Å². The van der Waals surface area contributed by atoms with Gasteiger partial charge in [-0.25, -0.2) is 0 Å². The topological polar surface area (TPSA) is 3.24 Å². The Morgan fingerprint density at radius 2 is 2.21 bits per heavy atom. The fourth-order valence-corrected chi connectivity index (χ4v) is 2.64. The quantitative estimate of drug-likeness (QED) is 0.738. The van der Waals surface area contributed by atoms with Crippen LogP contribution < -0.4 is 4.90 Å². The highest BCUT2D eigenvalue weighted by Gasteiger charge is 2.20. The van der Waals surface area contributed by atoms with Crippen LogP contribution in [0.5, 0.6) is 0 Å². The van der Waals surface area contributed by atoms with Crippen molar-refractivity contribution in [2.45, 2.75) is 25.8 Å². The van der Waals surface area contributed by atoms with Crippen molar-refractivity contribution >= 4 is 21.6 Å². The first kappa shape index (κ1) is 10.0. The Morgan fingerprint density at radius 3 is 2.79 bits per heavy atom. The van der Waals surface area contributed by atoms with Crippen LogP contribution in [0.1, 0.15) is 25.3 Å². The van der Waals surface area contributed by atoms with Gasteiger partial charge in [-0.15, -0.1) is 0 Å². The third-order valence-corrected chi connectivity index (χ3v) is 3.28. The van der Waals surface area contributed by atoms with Crippen LogP contribution in [0, 0.1) is 6.92 Å². The lowest BCUT2D eigenvalue weighted by Gasteiger charge is -2.24. The van der Waals surface area contributed by atoms with Crippen molar-refractivity contribution in [2.24, 2.45) is 0 Å². The number of anilines is 1. The van der Waals surface area contributed by atoms with Crippen LogP contribution in [0.15, 0.2) is 22.7 Å². The maximum Gasteiger partial charge on any atom is 0.0382 e. The summed E-state index contributed by atoms with van der Waals surface area (Å²) in [7, 11) is 0. The summed E-state index contributed by atoms with van der Waals surface area (Å²) in [6.45, 7) is 7.45. The highest BCUT2D eigenvalue weighted by Crippen LogP contribution is 2.28. The van der Waals surface area contributed by atoms with Crippen LogP contribution in [0.25, 0.3) is 0 Å².